The average molecular weight is 393 g/mol. The molecule has 2 aromatic carbocycles. The molecule has 0 unspecified atom stereocenters. The van der Waals surface area contributed by atoms with Crippen LogP contribution in [0.25, 0.3) is 0 Å². The molecule has 0 spiro atoms. The molecule has 29 heavy (non-hydrogen) atoms. The van der Waals surface area contributed by atoms with Gasteiger partial charge >= 0.3 is 0 Å². The molecular formula is C22H20FN3O3. The molecule has 7 heteroatoms. The molecule has 0 aliphatic heterocycles. The fraction of sp³-hybridized carbons (Fsp3) is 0.136. The Labute approximate surface area is 168 Å². The largest absolute Gasteiger partial charge is 0.484 e. The first-order valence-electron chi connectivity index (χ1n) is 8.95. The molecule has 0 bridgehead atoms. The Hall–Kier alpha value is -3.74. The van der Waals surface area contributed by atoms with Gasteiger partial charge in [-0.25, -0.2) is 4.39 Å². The maximum atomic E-state index is 13.0. The molecule has 3 rings (SSSR count). The van der Waals surface area contributed by atoms with Gasteiger partial charge in [0.05, 0.1) is 0 Å². The molecule has 0 atom stereocenters. The second-order valence-electron chi connectivity index (χ2n) is 6.29. The lowest BCUT2D eigenvalue weighted by atomic mass is 10.2. The average Bonchev–Trinajstić information content (AvgIpc) is 2.77. The second-order valence-corrected chi connectivity index (χ2v) is 6.29. The summed E-state index contributed by atoms with van der Waals surface area (Å²) >= 11 is 0. The zero-order valence-electron chi connectivity index (χ0n) is 15.8. The van der Waals surface area contributed by atoms with Gasteiger partial charge in [0.2, 0.25) is 0 Å². The van der Waals surface area contributed by atoms with Crippen LogP contribution in [-0.2, 0) is 11.3 Å². The molecular weight excluding hydrogens is 373 g/mol. The summed E-state index contributed by atoms with van der Waals surface area (Å²) in [5, 5.41) is 2.76. The molecule has 0 aliphatic rings. The lowest BCUT2D eigenvalue weighted by molar-refractivity contribution is -0.123. The molecule has 0 fully saturated rings. The summed E-state index contributed by atoms with van der Waals surface area (Å²) in [6, 6.07) is 15.8. The number of halogens is 1. The van der Waals surface area contributed by atoms with E-state index in [2.05, 4.69) is 10.3 Å². The van der Waals surface area contributed by atoms with Crippen molar-refractivity contribution < 1.29 is 18.7 Å². The van der Waals surface area contributed by atoms with E-state index in [9.17, 15) is 14.0 Å². The Morgan fingerprint density at radius 1 is 1.00 bits per heavy atom. The van der Waals surface area contributed by atoms with E-state index in [0.29, 0.717) is 23.5 Å². The van der Waals surface area contributed by atoms with Crippen LogP contribution in [0.3, 0.4) is 0 Å². The summed E-state index contributed by atoms with van der Waals surface area (Å²) in [7, 11) is 1.63. The third kappa shape index (κ3) is 5.62. The third-order valence-electron chi connectivity index (χ3n) is 4.23. The summed E-state index contributed by atoms with van der Waals surface area (Å²) in [6.45, 7) is 0.286. The quantitative estimate of drug-likeness (QED) is 0.669. The van der Waals surface area contributed by atoms with Gasteiger partial charge in [-0.2, -0.15) is 0 Å². The van der Waals surface area contributed by atoms with Crippen LogP contribution < -0.4 is 15.0 Å². The molecule has 0 saturated carbocycles. The van der Waals surface area contributed by atoms with Crippen LogP contribution in [0.1, 0.15) is 15.9 Å². The van der Waals surface area contributed by atoms with E-state index in [-0.39, 0.29) is 18.4 Å². The van der Waals surface area contributed by atoms with Crippen LogP contribution in [0.5, 0.6) is 5.75 Å². The van der Waals surface area contributed by atoms with E-state index in [1.807, 2.05) is 12.1 Å². The predicted octanol–water partition coefficient (Wildman–Crippen LogP) is 3.19. The van der Waals surface area contributed by atoms with Gasteiger partial charge in [0.25, 0.3) is 11.8 Å². The van der Waals surface area contributed by atoms with Crippen molar-refractivity contribution in [1.29, 1.82) is 0 Å². The van der Waals surface area contributed by atoms with Crippen LogP contribution in [0.2, 0.25) is 0 Å². The number of aromatic nitrogens is 1. The Morgan fingerprint density at radius 2 is 1.66 bits per heavy atom. The zero-order valence-corrected chi connectivity index (χ0v) is 15.8. The van der Waals surface area contributed by atoms with Crippen molar-refractivity contribution in [3.05, 3.63) is 90.0 Å². The SMILES string of the molecule is CN(C(=O)c1ccc(F)cc1)c1ccc(OCC(=O)NCc2ccncc2)cc1. The van der Waals surface area contributed by atoms with E-state index in [1.165, 1.54) is 29.2 Å². The zero-order chi connectivity index (χ0) is 20.6. The minimum Gasteiger partial charge on any atom is -0.484 e. The van der Waals surface area contributed by atoms with Crippen LogP contribution in [0, 0.1) is 5.82 Å². The van der Waals surface area contributed by atoms with Crippen molar-refractivity contribution in [2.45, 2.75) is 6.54 Å². The Morgan fingerprint density at radius 3 is 2.31 bits per heavy atom. The number of carbonyl (C=O) groups excluding carboxylic acids is 2. The van der Waals surface area contributed by atoms with Gasteiger partial charge in [-0.15, -0.1) is 0 Å². The third-order valence-corrected chi connectivity index (χ3v) is 4.23. The van der Waals surface area contributed by atoms with Gasteiger partial charge in [0.15, 0.2) is 6.61 Å². The minimum absolute atomic E-state index is 0.116. The number of ether oxygens (including phenoxy) is 1. The number of hydrogen-bond acceptors (Lipinski definition) is 4. The van der Waals surface area contributed by atoms with Crippen LogP contribution in [-0.4, -0.2) is 30.5 Å². The smallest absolute Gasteiger partial charge is 0.258 e. The molecule has 1 aromatic heterocycles. The monoisotopic (exact) mass is 393 g/mol. The molecule has 1 N–H and O–H groups in total. The topological polar surface area (TPSA) is 71.5 Å². The van der Waals surface area contributed by atoms with E-state index in [0.717, 1.165) is 5.56 Å². The summed E-state index contributed by atoms with van der Waals surface area (Å²) < 4.78 is 18.5. The van der Waals surface area contributed by atoms with Crippen LogP contribution in [0.15, 0.2) is 73.1 Å². The Bertz CT molecular complexity index is 961. The summed E-state index contributed by atoms with van der Waals surface area (Å²) in [5.74, 6) is -0.380. The van der Waals surface area contributed by atoms with Crippen molar-refractivity contribution in [2.24, 2.45) is 0 Å². The highest BCUT2D eigenvalue weighted by atomic mass is 19.1. The number of nitrogens with zero attached hydrogens (tertiary/aromatic N) is 2. The molecule has 6 nitrogen and oxygen atoms in total. The lowest BCUT2D eigenvalue weighted by Crippen LogP contribution is -2.28. The Balaban J connectivity index is 1.51. The van der Waals surface area contributed by atoms with E-state index < -0.39 is 5.82 Å². The van der Waals surface area contributed by atoms with E-state index >= 15 is 0 Å². The van der Waals surface area contributed by atoms with E-state index in [4.69, 9.17) is 4.74 Å². The van der Waals surface area contributed by atoms with Crippen molar-refractivity contribution in [3.63, 3.8) is 0 Å². The van der Waals surface area contributed by atoms with Gasteiger partial charge in [-0.05, 0) is 66.2 Å². The fourth-order valence-corrected chi connectivity index (χ4v) is 2.57. The highest BCUT2D eigenvalue weighted by Gasteiger charge is 2.13. The van der Waals surface area contributed by atoms with Gasteiger partial charge in [-0.3, -0.25) is 14.6 Å². The number of pyridine rings is 1. The first kappa shape index (κ1) is 20.0. The van der Waals surface area contributed by atoms with Gasteiger partial charge < -0.3 is 15.0 Å². The number of anilines is 1. The molecule has 0 aliphatic carbocycles. The predicted molar refractivity (Wildman–Crippen MR) is 107 cm³/mol. The molecule has 1 heterocycles. The van der Waals surface area contributed by atoms with Gasteiger partial charge in [0.1, 0.15) is 11.6 Å². The van der Waals surface area contributed by atoms with Crippen molar-refractivity contribution in [1.82, 2.24) is 10.3 Å². The fourth-order valence-electron chi connectivity index (χ4n) is 2.57. The van der Waals surface area contributed by atoms with Gasteiger partial charge in [-0.1, -0.05) is 0 Å². The number of nitrogens with one attached hydrogen (secondary N) is 1. The molecule has 3 aromatic rings. The molecule has 2 amide bonds. The standard InChI is InChI=1S/C22H20FN3O3/c1-26(22(28)17-2-4-18(23)5-3-17)19-6-8-20(9-7-19)29-15-21(27)25-14-16-10-12-24-13-11-16/h2-13H,14-15H2,1H3,(H,25,27). The van der Waals surface area contributed by atoms with Crippen LogP contribution >= 0.6 is 0 Å². The minimum atomic E-state index is -0.393. The summed E-state index contributed by atoms with van der Waals surface area (Å²) in [4.78, 5) is 29.7. The Kier molecular flexibility index (Phi) is 6.52. The van der Waals surface area contributed by atoms with Gasteiger partial charge in [0, 0.05) is 37.2 Å². The highest BCUT2D eigenvalue weighted by molar-refractivity contribution is 6.05. The maximum Gasteiger partial charge on any atom is 0.258 e. The second kappa shape index (κ2) is 9.45. The first-order chi connectivity index (χ1) is 14.0. The highest BCUT2D eigenvalue weighted by Crippen LogP contribution is 2.20. The van der Waals surface area contributed by atoms with Crippen LogP contribution in [0.4, 0.5) is 10.1 Å². The van der Waals surface area contributed by atoms with Crippen molar-refractivity contribution in [3.8, 4) is 5.75 Å². The molecule has 148 valence electrons. The first-order valence-corrected chi connectivity index (χ1v) is 8.95. The summed E-state index contributed by atoms with van der Waals surface area (Å²) in [6.07, 6.45) is 3.33. The number of amides is 2. The lowest BCUT2D eigenvalue weighted by Gasteiger charge is -2.18. The maximum absolute atomic E-state index is 13.0. The number of benzene rings is 2. The van der Waals surface area contributed by atoms with Crippen molar-refractivity contribution in [2.75, 3.05) is 18.6 Å². The van der Waals surface area contributed by atoms with Crippen molar-refractivity contribution >= 4 is 17.5 Å². The van der Waals surface area contributed by atoms with E-state index in [1.54, 1.807) is 43.7 Å². The number of hydrogen-bond donors (Lipinski definition) is 1. The number of carbonyl (C=O) groups is 2. The normalized spacial score (nSPS) is 10.3. The summed E-state index contributed by atoms with van der Waals surface area (Å²) in [5.41, 5.74) is 1.99. The molecule has 0 saturated heterocycles. The number of rotatable bonds is 7. The molecule has 0 radical (unpaired) electrons.